The highest BCUT2D eigenvalue weighted by Crippen LogP contribution is 2.24. The van der Waals surface area contributed by atoms with Gasteiger partial charge in [-0.1, -0.05) is 31.9 Å². The van der Waals surface area contributed by atoms with Crippen LogP contribution in [0.2, 0.25) is 0 Å². The Morgan fingerprint density at radius 1 is 1.29 bits per heavy atom. The molecule has 2 rings (SSSR count). The lowest BCUT2D eigenvalue weighted by Crippen LogP contribution is -2.41. The van der Waals surface area contributed by atoms with Crippen molar-refractivity contribution in [1.82, 2.24) is 5.32 Å². The van der Waals surface area contributed by atoms with Crippen LogP contribution >= 0.6 is 15.9 Å². The Morgan fingerprint density at radius 2 is 2.00 bits per heavy atom. The summed E-state index contributed by atoms with van der Waals surface area (Å²) in [6.07, 6.45) is 4.85. The maximum atomic E-state index is 12.1. The lowest BCUT2D eigenvalue weighted by atomic mass is 9.86. The van der Waals surface area contributed by atoms with Crippen molar-refractivity contribution in [2.24, 2.45) is 5.92 Å². The molecule has 1 fully saturated rings. The van der Waals surface area contributed by atoms with Crippen molar-refractivity contribution in [1.29, 1.82) is 0 Å². The van der Waals surface area contributed by atoms with Crippen LogP contribution in [0.25, 0.3) is 0 Å². The fraction of sp³-hybridized carbons (Fsp3) is 0.500. The van der Waals surface area contributed by atoms with E-state index in [2.05, 4.69) is 28.2 Å². The molecule has 1 aromatic rings. The zero-order chi connectivity index (χ0) is 12.3. The van der Waals surface area contributed by atoms with Gasteiger partial charge in [-0.25, -0.2) is 0 Å². The van der Waals surface area contributed by atoms with E-state index in [0.29, 0.717) is 12.0 Å². The van der Waals surface area contributed by atoms with Gasteiger partial charge in [0.2, 0.25) is 0 Å². The Morgan fingerprint density at radius 3 is 2.71 bits per heavy atom. The number of carbonyl (C=O) groups is 1. The summed E-state index contributed by atoms with van der Waals surface area (Å²) in [5.41, 5.74) is 0.727. The van der Waals surface area contributed by atoms with E-state index in [0.717, 1.165) is 16.5 Å². The van der Waals surface area contributed by atoms with Crippen molar-refractivity contribution in [2.45, 2.75) is 38.6 Å². The Labute approximate surface area is 111 Å². The summed E-state index contributed by atoms with van der Waals surface area (Å²) >= 11 is 3.42. The van der Waals surface area contributed by atoms with Crippen LogP contribution in [0, 0.1) is 5.92 Å². The van der Waals surface area contributed by atoms with Gasteiger partial charge < -0.3 is 5.32 Å². The van der Waals surface area contributed by atoms with Gasteiger partial charge in [-0.15, -0.1) is 0 Å². The SMILES string of the molecule is C[C@@H]1CCCC[C@@H]1NC(=O)c1ccccc1Br. The Kier molecular flexibility index (Phi) is 4.21. The van der Waals surface area contributed by atoms with Gasteiger partial charge in [-0.2, -0.15) is 0 Å². The van der Waals surface area contributed by atoms with Crippen molar-refractivity contribution in [3.63, 3.8) is 0 Å². The molecule has 0 bridgehead atoms. The Balaban J connectivity index is 2.04. The highest BCUT2D eigenvalue weighted by molar-refractivity contribution is 9.10. The summed E-state index contributed by atoms with van der Waals surface area (Å²) in [6, 6.07) is 7.91. The van der Waals surface area contributed by atoms with E-state index >= 15 is 0 Å². The zero-order valence-electron chi connectivity index (χ0n) is 10.1. The molecule has 1 amide bonds. The van der Waals surface area contributed by atoms with Gasteiger partial charge in [0, 0.05) is 10.5 Å². The molecule has 0 unspecified atom stereocenters. The number of hydrogen-bond donors (Lipinski definition) is 1. The summed E-state index contributed by atoms with van der Waals surface area (Å²) in [5, 5.41) is 3.16. The minimum atomic E-state index is 0.0382. The molecule has 1 saturated carbocycles. The van der Waals surface area contributed by atoms with Gasteiger partial charge in [-0.05, 0) is 46.8 Å². The predicted molar refractivity (Wildman–Crippen MR) is 73.0 cm³/mol. The van der Waals surface area contributed by atoms with E-state index in [4.69, 9.17) is 0 Å². The molecule has 17 heavy (non-hydrogen) atoms. The first kappa shape index (κ1) is 12.6. The predicted octanol–water partition coefficient (Wildman–Crippen LogP) is 3.76. The van der Waals surface area contributed by atoms with Crippen LogP contribution in [-0.4, -0.2) is 11.9 Å². The van der Waals surface area contributed by atoms with Gasteiger partial charge in [0.05, 0.1) is 5.56 Å². The molecule has 1 aliphatic carbocycles. The van der Waals surface area contributed by atoms with Crippen molar-refractivity contribution >= 4 is 21.8 Å². The molecule has 1 N–H and O–H groups in total. The fourth-order valence-corrected chi connectivity index (χ4v) is 2.89. The quantitative estimate of drug-likeness (QED) is 0.884. The molecule has 0 aliphatic heterocycles. The second kappa shape index (κ2) is 5.67. The van der Waals surface area contributed by atoms with Crippen molar-refractivity contribution in [2.75, 3.05) is 0 Å². The average molecular weight is 296 g/mol. The summed E-state index contributed by atoms with van der Waals surface area (Å²) in [6.45, 7) is 2.23. The summed E-state index contributed by atoms with van der Waals surface area (Å²) < 4.78 is 0.862. The molecular weight excluding hydrogens is 278 g/mol. The third-order valence-electron chi connectivity index (χ3n) is 3.55. The molecular formula is C14H18BrNO. The van der Waals surface area contributed by atoms with E-state index < -0.39 is 0 Å². The van der Waals surface area contributed by atoms with Gasteiger partial charge in [0.1, 0.15) is 0 Å². The smallest absolute Gasteiger partial charge is 0.252 e. The minimum absolute atomic E-state index is 0.0382. The van der Waals surface area contributed by atoms with Crippen LogP contribution in [-0.2, 0) is 0 Å². The number of carbonyl (C=O) groups excluding carboxylic acids is 1. The first-order valence-electron chi connectivity index (χ1n) is 6.24. The summed E-state index contributed by atoms with van der Waals surface area (Å²) in [4.78, 5) is 12.1. The fourth-order valence-electron chi connectivity index (χ4n) is 2.42. The van der Waals surface area contributed by atoms with Gasteiger partial charge >= 0.3 is 0 Å². The topological polar surface area (TPSA) is 29.1 Å². The Bertz CT molecular complexity index is 405. The van der Waals surface area contributed by atoms with Crippen LogP contribution in [0.1, 0.15) is 43.0 Å². The third-order valence-corrected chi connectivity index (χ3v) is 4.24. The number of nitrogens with one attached hydrogen (secondary N) is 1. The number of hydrogen-bond acceptors (Lipinski definition) is 1. The molecule has 92 valence electrons. The maximum absolute atomic E-state index is 12.1. The van der Waals surface area contributed by atoms with Gasteiger partial charge in [0.25, 0.3) is 5.91 Å². The number of rotatable bonds is 2. The van der Waals surface area contributed by atoms with Crippen molar-refractivity contribution < 1.29 is 4.79 Å². The van der Waals surface area contributed by atoms with Crippen LogP contribution < -0.4 is 5.32 Å². The van der Waals surface area contributed by atoms with E-state index in [1.165, 1.54) is 19.3 Å². The van der Waals surface area contributed by atoms with E-state index in [1.807, 2.05) is 24.3 Å². The number of benzene rings is 1. The van der Waals surface area contributed by atoms with Crippen LogP contribution in [0.4, 0.5) is 0 Å². The highest BCUT2D eigenvalue weighted by Gasteiger charge is 2.23. The number of amides is 1. The minimum Gasteiger partial charge on any atom is -0.349 e. The monoisotopic (exact) mass is 295 g/mol. The first-order chi connectivity index (χ1) is 8.18. The molecule has 0 saturated heterocycles. The standard InChI is InChI=1S/C14H18BrNO/c1-10-6-2-5-9-13(10)16-14(17)11-7-3-4-8-12(11)15/h3-4,7-8,10,13H,2,5-6,9H2,1H3,(H,16,17)/t10-,13+/m1/s1. The van der Waals surface area contributed by atoms with Gasteiger partial charge in [-0.3, -0.25) is 4.79 Å². The molecule has 2 nitrogen and oxygen atoms in total. The number of halogens is 1. The van der Waals surface area contributed by atoms with Crippen LogP contribution in [0.5, 0.6) is 0 Å². The van der Waals surface area contributed by atoms with Crippen molar-refractivity contribution in [3.05, 3.63) is 34.3 Å². The van der Waals surface area contributed by atoms with Gasteiger partial charge in [0.15, 0.2) is 0 Å². The largest absolute Gasteiger partial charge is 0.349 e. The van der Waals surface area contributed by atoms with E-state index in [-0.39, 0.29) is 5.91 Å². The Hall–Kier alpha value is -0.830. The third kappa shape index (κ3) is 3.09. The molecule has 3 heteroatoms. The lowest BCUT2D eigenvalue weighted by Gasteiger charge is -2.29. The molecule has 0 spiro atoms. The van der Waals surface area contributed by atoms with Crippen LogP contribution in [0.3, 0.4) is 0 Å². The van der Waals surface area contributed by atoms with Crippen LogP contribution in [0.15, 0.2) is 28.7 Å². The average Bonchev–Trinajstić information content (AvgIpc) is 2.32. The molecule has 0 heterocycles. The molecule has 1 aromatic carbocycles. The van der Waals surface area contributed by atoms with E-state index in [1.54, 1.807) is 0 Å². The second-order valence-corrected chi connectivity index (χ2v) is 5.68. The highest BCUT2D eigenvalue weighted by atomic mass is 79.9. The molecule has 1 aliphatic rings. The van der Waals surface area contributed by atoms with E-state index in [9.17, 15) is 4.79 Å². The zero-order valence-corrected chi connectivity index (χ0v) is 11.7. The normalized spacial score (nSPS) is 24.4. The summed E-state index contributed by atoms with van der Waals surface area (Å²) in [7, 11) is 0. The molecule has 2 atom stereocenters. The maximum Gasteiger partial charge on any atom is 0.252 e. The molecule has 0 radical (unpaired) electrons. The van der Waals surface area contributed by atoms with Crippen molar-refractivity contribution in [3.8, 4) is 0 Å². The lowest BCUT2D eigenvalue weighted by molar-refractivity contribution is 0.0909. The second-order valence-electron chi connectivity index (χ2n) is 4.82. The first-order valence-corrected chi connectivity index (χ1v) is 7.03. The molecule has 0 aromatic heterocycles. The summed E-state index contributed by atoms with van der Waals surface area (Å²) in [5.74, 6) is 0.631.